The van der Waals surface area contributed by atoms with Gasteiger partial charge in [0.1, 0.15) is 9.84 Å². The SMILES string of the molecule is CCCC(CBr)CCS(C)(=O)=O. The third-order valence-corrected chi connectivity index (χ3v) is 3.70. The molecule has 0 rings (SSSR count). The first-order valence-corrected chi connectivity index (χ1v) is 7.41. The van der Waals surface area contributed by atoms with E-state index in [1.54, 1.807) is 0 Å². The van der Waals surface area contributed by atoms with Crippen LogP contribution in [0, 0.1) is 5.92 Å². The van der Waals surface area contributed by atoms with E-state index >= 15 is 0 Å². The zero-order valence-electron chi connectivity index (χ0n) is 7.72. The van der Waals surface area contributed by atoms with Gasteiger partial charge in [-0.15, -0.1) is 0 Å². The Morgan fingerprint density at radius 2 is 1.92 bits per heavy atom. The summed E-state index contributed by atoms with van der Waals surface area (Å²) in [6, 6.07) is 0. The van der Waals surface area contributed by atoms with Crippen molar-refractivity contribution in [1.82, 2.24) is 0 Å². The maximum Gasteiger partial charge on any atom is 0.147 e. The molecule has 0 saturated heterocycles. The number of halogens is 1. The standard InChI is InChI=1S/C8H17BrO2S/c1-3-4-8(7-9)5-6-12(2,10)11/h8H,3-7H2,1-2H3. The predicted molar refractivity (Wildman–Crippen MR) is 56.5 cm³/mol. The first-order chi connectivity index (χ1) is 5.49. The summed E-state index contributed by atoms with van der Waals surface area (Å²) in [4.78, 5) is 0. The Balaban J connectivity index is 3.73. The molecule has 0 aromatic rings. The van der Waals surface area contributed by atoms with Crippen molar-refractivity contribution < 1.29 is 8.42 Å². The highest BCUT2D eigenvalue weighted by atomic mass is 79.9. The Bertz CT molecular complexity index is 199. The minimum atomic E-state index is -2.77. The molecule has 0 saturated carbocycles. The van der Waals surface area contributed by atoms with Crippen LogP contribution in [0.15, 0.2) is 0 Å². The monoisotopic (exact) mass is 256 g/mol. The van der Waals surface area contributed by atoms with Crippen LogP contribution in [0.5, 0.6) is 0 Å². The topological polar surface area (TPSA) is 34.1 Å². The van der Waals surface area contributed by atoms with Crippen LogP contribution in [0.2, 0.25) is 0 Å². The van der Waals surface area contributed by atoms with Crippen LogP contribution in [-0.2, 0) is 9.84 Å². The van der Waals surface area contributed by atoms with Gasteiger partial charge in [-0.05, 0) is 18.8 Å². The summed E-state index contributed by atoms with van der Waals surface area (Å²) in [5.41, 5.74) is 0. The molecule has 12 heavy (non-hydrogen) atoms. The summed E-state index contributed by atoms with van der Waals surface area (Å²) in [6.45, 7) is 2.12. The molecule has 0 fully saturated rings. The maximum atomic E-state index is 10.8. The summed E-state index contributed by atoms with van der Waals surface area (Å²) in [6.07, 6.45) is 4.32. The van der Waals surface area contributed by atoms with E-state index in [1.807, 2.05) is 0 Å². The average molecular weight is 257 g/mol. The molecule has 0 aliphatic carbocycles. The molecule has 0 aromatic carbocycles. The normalized spacial score (nSPS) is 14.6. The molecule has 0 aromatic heterocycles. The van der Waals surface area contributed by atoms with E-state index in [0.29, 0.717) is 11.7 Å². The van der Waals surface area contributed by atoms with Gasteiger partial charge in [-0.1, -0.05) is 29.3 Å². The molecule has 0 spiro atoms. The first kappa shape index (κ1) is 12.4. The van der Waals surface area contributed by atoms with Crippen LogP contribution < -0.4 is 0 Å². The number of alkyl halides is 1. The van der Waals surface area contributed by atoms with E-state index in [4.69, 9.17) is 0 Å². The Labute approximate surface area is 83.8 Å². The molecule has 0 N–H and O–H groups in total. The number of sulfone groups is 1. The van der Waals surface area contributed by atoms with Gasteiger partial charge in [0.05, 0.1) is 5.75 Å². The quantitative estimate of drug-likeness (QED) is 0.684. The van der Waals surface area contributed by atoms with Gasteiger partial charge < -0.3 is 0 Å². The molecule has 0 aliphatic heterocycles. The number of rotatable bonds is 6. The molecule has 0 bridgehead atoms. The zero-order valence-corrected chi connectivity index (χ0v) is 10.1. The van der Waals surface area contributed by atoms with E-state index in [9.17, 15) is 8.42 Å². The Kier molecular flexibility index (Phi) is 6.19. The van der Waals surface area contributed by atoms with Gasteiger partial charge >= 0.3 is 0 Å². The van der Waals surface area contributed by atoms with Gasteiger partial charge in [-0.3, -0.25) is 0 Å². The summed E-state index contributed by atoms with van der Waals surface area (Å²) in [5, 5.41) is 0.913. The van der Waals surface area contributed by atoms with Crippen LogP contribution in [0.4, 0.5) is 0 Å². The van der Waals surface area contributed by atoms with Crippen molar-refractivity contribution >= 4 is 25.8 Å². The van der Waals surface area contributed by atoms with Crippen molar-refractivity contribution in [3.8, 4) is 0 Å². The fourth-order valence-corrected chi connectivity index (χ4v) is 2.50. The molecule has 74 valence electrons. The molecule has 0 radical (unpaired) electrons. The van der Waals surface area contributed by atoms with Crippen LogP contribution in [-0.4, -0.2) is 25.8 Å². The van der Waals surface area contributed by atoms with E-state index < -0.39 is 9.84 Å². The lowest BCUT2D eigenvalue weighted by molar-refractivity contribution is 0.514. The minimum Gasteiger partial charge on any atom is -0.229 e. The molecule has 0 aliphatic rings. The molecule has 1 unspecified atom stereocenters. The number of hydrogen-bond donors (Lipinski definition) is 0. The Hall–Kier alpha value is 0.430. The highest BCUT2D eigenvalue weighted by molar-refractivity contribution is 9.09. The fourth-order valence-electron chi connectivity index (χ4n) is 1.09. The minimum absolute atomic E-state index is 0.323. The van der Waals surface area contributed by atoms with Crippen molar-refractivity contribution in [3.63, 3.8) is 0 Å². The third-order valence-electron chi connectivity index (χ3n) is 1.81. The molecular weight excluding hydrogens is 240 g/mol. The second kappa shape index (κ2) is 5.97. The highest BCUT2D eigenvalue weighted by Crippen LogP contribution is 2.14. The van der Waals surface area contributed by atoms with Crippen molar-refractivity contribution in [2.45, 2.75) is 26.2 Å². The average Bonchev–Trinajstić information content (AvgIpc) is 1.96. The smallest absolute Gasteiger partial charge is 0.147 e. The van der Waals surface area contributed by atoms with E-state index in [1.165, 1.54) is 6.26 Å². The maximum absolute atomic E-state index is 10.8. The molecular formula is C8H17BrO2S. The van der Waals surface area contributed by atoms with Crippen molar-refractivity contribution in [2.75, 3.05) is 17.3 Å². The second-order valence-corrected chi connectivity index (χ2v) is 6.13. The molecule has 0 heterocycles. The summed E-state index contributed by atoms with van der Waals surface area (Å²) in [7, 11) is -2.77. The van der Waals surface area contributed by atoms with Crippen molar-refractivity contribution in [1.29, 1.82) is 0 Å². The van der Waals surface area contributed by atoms with Crippen LogP contribution in [0.1, 0.15) is 26.2 Å². The van der Waals surface area contributed by atoms with Gasteiger partial charge in [0.15, 0.2) is 0 Å². The van der Waals surface area contributed by atoms with Crippen molar-refractivity contribution in [2.24, 2.45) is 5.92 Å². The summed E-state index contributed by atoms with van der Waals surface area (Å²) in [5.74, 6) is 0.841. The van der Waals surface area contributed by atoms with Gasteiger partial charge in [0, 0.05) is 11.6 Å². The van der Waals surface area contributed by atoms with Crippen LogP contribution in [0.3, 0.4) is 0 Å². The Morgan fingerprint density at radius 3 is 2.25 bits per heavy atom. The number of hydrogen-bond acceptors (Lipinski definition) is 2. The first-order valence-electron chi connectivity index (χ1n) is 4.23. The fraction of sp³-hybridized carbons (Fsp3) is 1.00. The summed E-state index contributed by atoms with van der Waals surface area (Å²) >= 11 is 3.39. The largest absolute Gasteiger partial charge is 0.229 e. The van der Waals surface area contributed by atoms with Gasteiger partial charge in [0.2, 0.25) is 0 Å². The van der Waals surface area contributed by atoms with Crippen LogP contribution in [0.25, 0.3) is 0 Å². The highest BCUT2D eigenvalue weighted by Gasteiger charge is 2.09. The Morgan fingerprint density at radius 1 is 1.33 bits per heavy atom. The van der Waals surface area contributed by atoms with E-state index in [2.05, 4.69) is 22.9 Å². The molecule has 0 amide bonds. The van der Waals surface area contributed by atoms with Gasteiger partial charge in [0.25, 0.3) is 0 Å². The zero-order chi connectivity index (χ0) is 9.61. The molecule has 1 atom stereocenters. The third kappa shape index (κ3) is 7.10. The lowest BCUT2D eigenvalue weighted by atomic mass is 10.0. The van der Waals surface area contributed by atoms with Crippen molar-refractivity contribution in [3.05, 3.63) is 0 Å². The van der Waals surface area contributed by atoms with Gasteiger partial charge in [-0.2, -0.15) is 0 Å². The second-order valence-electron chi connectivity index (χ2n) is 3.23. The lowest BCUT2D eigenvalue weighted by Crippen LogP contribution is -2.10. The predicted octanol–water partition coefficient (Wildman–Crippen LogP) is 2.23. The van der Waals surface area contributed by atoms with Crippen LogP contribution >= 0.6 is 15.9 Å². The summed E-state index contributed by atoms with van der Waals surface area (Å²) < 4.78 is 21.7. The molecule has 4 heteroatoms. The van der Waals surface area contributed by atoms with Gasteiger partial charge in [-0.25, -0.2) is 8.42 Å². The lowest BCUT2D eigenvalue weighted by Gasteiger charge is -2.10. The van der Waals surface area contributed by atoms with E-state index in [0.717, 1.165) is 24.6 Å². The molecule has 2 nitrogen and oxygen atoms in total. The van der Waals surface area contributed by atoms with E-state index in [-0.39, 0.29) is 0 Å².